The summed E-state index contributed by atoms with van der Waals surface area (Å²) in [4.78, 5) is 0. The molecule has 0 fully saturated rings. The molecule has 0 aliphatic heterocycles. The molecule has 15 heavy (non-hydrogen) atoms. The van der Waals surface area contributed by atoms with E-state index in [0.29, 0.717) is 0 Å². The molecule has 0 saturated heterocycles. The molecule has 0 spiro atoms. The van der Waals surface area contributed by atoms with Crippen molar-refractivity contribution in [2.45, 2.75) is 26.7 Å². The molecule has 1 heteroatoms. The first-order valence-electron chi connectivity index (χ1n) is 5.55. The van der Waals surface area contributed by atoms with Crippen LogP contribution in [-0.4, -0.2) is 0 Å². The van der Waals surface area contributed by atoms with Crippen LogP contribution < -0.4 is 5.30 Å². The SMILES string of the molecule is CC/C=C/P(/C=C/CC)c1ccccc1. The van der Waals surface area contributed by atoms with Gasteiger partial charge in [-0.2, -0.15) is 0 Å². The Morgan fingerprint density at radius 2 is 1.47 bits per heavy atom. The Bertz CT molecular complexity index is 297. The largest absolute Gasteiger partial charge is 0.0837 e. The minimum Gasteiger partial charge on any atom is -0.0837 e. The van der Waals surface area contributed by atoms with E-state index in [9.17, 15) is 0 Å². The number of benzene rings is 1. The summed E-state index contributed by atoms with van der Waals surface area (Å²) in [6.07, 6.45) is 6.76. The average Bonchev–Trinajstić information content (AvgIpc) is 2.30. The van der Waals surface area contributed by atoms with Crippen molar-refractivity contribution in [1.82, 2.24) is 0 Å². The summed E-state index contributed by atoms with van der Waals surface area (Å²) < 4.78 is 0. The Morgan fingerprint density at radius 3 is 1.93 bits per heavy atom. The Kier molecular flexibility index (Phi) is 6.04. The fourth-order valence-electron chi connectivity index (χ4n) is 1.26. The van der Waals surface area contributed by atoms with Crippen molar-refractivity contribution >= 4 is 13.2 Å². The van der Waals surface area contributed by atoms with Crippen molar-refractivity contribution in [1.29, 1.82) is 0 Å². The van der Waals surface area contributed by atoms with E-state index in [1.165, 1.54) is 5.30 Å². The second kappa shape index (κ2) is 7.43. The van der Waals surface area contributed by atoms with Crippen LogP contribution in [0.25, 0.3) is 0 Å². The van der Waals surface area contributed by atoms with Gasteiger partial charge in [-0.05, 0) is 26.1 Å². The number of allylic oxidation sites excluding steroid dienone is 2. The highest BCUT2D eigenvalue weighted by Gasteiger charge is 2.00. The van der Waals surface area contributed by atoms with Gasteiger partial charge in [0.15, 0.2) is 0 Å². The Morgan fingerprint density at radius 1 is 0.933 bits per heavy atom. The molecule has 0 aromatic heterocycles. The van der Waals surface area contributed by atoms with Crippen LogP contribution in [0.15, 0.2) is 54.1 Å². The zero-order valence-corrected chi connectivity index (χ0v) is 10.5. The summed E-state index contributed by atoms with van der Waals surface area (Å²) in [5, 5.41) is 1.43. The molecule has 1 rings (SSSR count). The molecular weight excluding hydrogens is 199 g/mol. The average molecular weight is 218 g/mol. The van der Waals surface area contributed by atoms with Crippen LogP contribution in [0.1, 0.15) is 26.7 Å². The van der Waals surface area contributed by atoms with Crippen molar-refractivity contribution in [3.05, 3.63) is 54.1 Å². The van der Waals surface area contributed by atoms with E-state index in [1.54, 1.807) is 0 Å². The third-order valence-electron chi connectivity index (χ3n) is 2.06. The Hall–Kier alpha value is -0.870. The van der Waals surface area contributed by atoms with Gasteiger partial charge in [0.1, 0.15) is 0 Å². The van der Waals surface area contributed by atoms with Crippen LogP contribution in [0.3, 0.4) is 0 Å². The van der Waals surface area contributed by atoms with E-state index in [-0.39, 0.29) is 7.92 Å². The van der Waals surface area contributed by atoms with Gasteiger partial charge < -0.3 is 0 Å². The molecule has 0 unspecified atom stereocenters. The third-order valence-corrected chi connectivity index (χ3v) is 4.02. The Labute approximate surface area is 94.5 Å². The quantitative estimate of drug-likeness (QED) is 0.631. The minimum absolute atomic E-state index is 0.229. The molecule has 1 aromatic carbocycles. The standard InChI is InChI=1S/C14H19P/c1-3-5-12-15(13-6-4-2)14-10-8-7-9-11-14/h5-13H,3-4H2,1-2H3/b12-5+,13-6+. The van der Waals surface area contributed by atoms with Crippen LogP contribution in [-0.2, 0) is 0 Å². The molecule has 0 heterocycles. The molecule has 0 aliphatic carbocycles. The summed E-state index contributed by atoms with van der Waals surface area (Å²) in [5.74, 6) is 4.69. The van der Waals surface area contributed by atoms with Crippen LogP contribution in [0.2, 0.25) is 0 Å². The lowest BCUT2D eigenvalue weighted by Crippen LogP contribution is -1.95. The molecule has 0 N–H and O–H groups in total. The summed E-state index contributed by atoms with van der Waals surface area (Å²) in [5.41, 5.74) is 0. The van der Waals surface area contributed by atoms with Gasteiger partial charge in [-0.25, -0.2) is 0 Å². The van der Waals surface area contributed by atoms with Crippen LogP contribution in [0.4, 0.5) is 0 Å². The third kappa shape index (κ3) is 4.44. The van der Waals surface area contributed by atoms with Crippen molar-refractivity contribution < 1.29 is 0 Å². The number of hydrogen-bond donors (Lipinski definition) is 0. The maximum Gasteiger partial charge on any atom is -0.0162 e. The molecule has 80 valence electrons. The van der Waals surface area contributed by atoms with Crippen LogP contribution in [0, 0.1) is 0 Å². The lowest BCUT2D eigenvalue weighted by atomic mass is 10.4. The van der Waals surface area contributed by atoms with E-state index < -0.39 is 0 Å². The molecular formula is C14H19P. The molecule has 0 aliphatic rings. The fourth-order valence-corrected chi connectivity index (χ4v) is 3.10. The fraction of sp³-hybridized carbons (Fsp3) is 0.286. The highest BCUT2D eigenvalue weighted by atomic mass is 31.1. The van der Waals surface area contributed by atoms with Gasteiger partial charge in [-0.3, -0.25) is 0 Å². The van der Waals surface area contributed by atoms with Crippen LogP contribution in [0.5, 0.6) is 0 Å². The molecule has 0 saturated carbocycles. The zero-order valence-electron chi connectivity index (χ0n) is 9.56. The molecule has 0 nitrogen and oxygen atoms in total. The van der Waals surface area contributed by atoms with Crippen LogP contribution >= 0.6 is 7.92 Å². The monoisotopic (exact) mass is 218 g/mol. The second-order valence-corrected chi connectivity index (χ2v) is 5.26. The maximum atomic E-state index is 2.34. The van der Waals surface area contributed by atoms with Crippen molar-refractivity contribution in [2.75, 3.05) is 0 Å². The zero-order chi connectivity index (χ0) is 10.9. The first kappa shape index (κ1) is 12.2. The summed E-state index contributed by atoms with van der Waals surface area (Å²) in [6, 6.07) is 10.7. The van der Waals surface area contributed by atoms with Crippen molar-refractivity contribution in [2.24, 2.45) is 0 Å². The predicted molar refractivity (Wildman–Crippen MR) is 71.9 cm³/mol. The highest BCUT2D eigenvalue weighted by Crippen LogP contribution is 2.37. The number of hydrogen-bond acceptors (Lipinski definition) is 0. The van der Waals surface area contributed by atoms with E-state index in [4.69, 9.17) is 0 Å². The van der Waals surface area contributed by atoms with Gasteiger partial charge in [0, 0.05) is 0 Å². The van der Waals surface area contributed by atoms with E-state index >= 15 is 0 Å². The first-order valence-corrected chi connectivity index (χ1v) is 7.03. The second-order valence-electron chi connectivity index (χ2n) is 3.33. The maximum absolute atomic E-state index is 2.34. The van der Waals surface area contributed by atoms with Gasteiger partial charge in [0.05, 0.1) is 0 Å². The van der Waals surface area contributed by atoms with Gasteiger partial charge in [0.2, 0.25) is 0 Å². The molecule has 0 atom stereocenters. The van der Waals surface area contributed by atoms with E-state index in [1.807, 2.05) is 0 Å². The topological polar surface area (TPSA) is 0 Å². The lowest BCUT2D eigenvalue weighted by molar-refractivity contribution is 1.23. The van der Waals surface area contributed by atoms with Gasteiger partial charge in [0.25, 0.3) is 0 Å². The summed E-state index contributed by atoms with van der Waals surface area (Å²) in [6.45, 7) is 4.36. The normalized spacial score (nSPS) is 11.9. The molecule has 0 amide bonds. The highest BCUT2D eigenvalue weighted by molar-refractivity contribution is 7.71. The lowest BCUT2D eigenvalue weighted by Gasteiger charge is -2.08. The summed E-state index contributed by atoms with van der Waals surface area (Å²) >= 11 is 0. The van der Waals surface area contributed by atoms with Gasteiger partial charge >= 0.3 is 0 Å². The van der Waals surface area contributed by atoms with Gasteiger partial charge in [-0.1, -0.05) is 68.0 Å². The summed E-state index contributed by atoms with van der Waals surface area (Å²) in [7, 11) is -0.229. The number of rotatable bonds is 5. The predicted octanol–water partition coefficient (Wildman–Crippen LogP) is 4.64. The van der Waals surface area contributed by atoms with E-state index in [0.717, 1.165) is 12.8 Å². The molecule has 0 bridgehead atoms. The smallest absolute Gasteiger partial charge is 0.0162 e. The molecule has 0 radical (unpaired) electrons. The minimum atomic E-state index is -0.229. The van der Waals surface area contributed by atoms with Gasteiger partial charge in [-0.15, -0.1) is 0 Å². The van der Waals surface area contributed by atoms with Crippen molar-refractivity contribution in [3.63, 3.8) is 0 Å². The Balaban J connectivity index is 2.81. The van der Waals surface area contributed by atoms with Crippen molar-refractivity contribution in [3.8, 4) is 0 Å². The van der Waals surface area contributed by atoms with E-state index in [2.05, 4.69) is 68.0 Å². The first-order chi connectivity index (χ1) is 7.38. The molecule has 1 aromatic rings.